The number of esters is 2. The summed E-state index contributed by atoms with van der Waals surface area (Å²) in [7, 11) is -10.7. The van der Waals surface area contributed by atoms with Crippen molar-refractivity contribution in [1.29, 1.82) is 0 Å². The van der Waals surface area contributed by atoms with Crippen LogP contribution >= 0.6 is 15.6 Å². The number of carbonyl (C=O) groups excluding carboxylic acids is 2. The molecule has 0 aromatic rings. The van der Waals surface area contributed by atoms with Gasteiger partial charge >= 0.3 is 27.6 Å². The Labute approximate surface area is 392 Å². The normalized spacial score (nSPS) is 25.0. The first kappa shape index (κ1) is 60.0. The van der Waals surface area contributed by atoms with Gasteiger partial charge in [0.15, 0.2) is 6.10 Å². The lowest BCUT2D eigenvalue weighted by Gasteiger charge is -2.43. The second-order valence-electron chi connectivity index (χ2n) is 17.2. The van der Waals surface area contributed by atoms with Gasteiger partial charge in [0.2, 0.25) is 0 Å². The smallest absolute Gasteiger partial charge is 0.462 e. The minimum atomic E-state index is -5.37. The van der Waals surface area contributed by atoms with Crippen LogP contribution in [-0.4, -0.2) is 115 Å². The van der Waals surface area contributed by atoms with Crippen LogP contribution in [0.1, 0.15) is 168 Å². The minimum absolute atomic E-state index is 0.0406. The van der Waals surface area contributed by atoms with E-state index >= 15 is 0 Å². The second-order valence-corrected chi connectivity index (χ2v) is 19.8. The maximum absolute atomic E-state index is 13.0. The molecule has 7 unspecified atom stereocenters. The predicted octanol–water partition coefficient (Wildman–Crippen LogP) is 8.27. The van der Waals surface area contributed by atoms with Gasteiger partial charge in [-0.1, -0.05) is 133 Å². The van der Waals surface area contributed by atoms with Gasteiger partial charge in [-0.15, -0.1) is 0 Å². The molecule has 0 aromatic carbocycles. The Hall–Kier alpha value is -2.08. The highest BCUT2D eigenvalue weighted by Crippen LogP contribution is 2.49. The summed E-state index contributed by atoms with van der Waals surface area (Å²) in [6.45, 7) is 2.94. The summed E-state index contributed by atoms with van der Waals surface area (Å²) >= 11 is 0. The first-order chi connectivity index (χ1) is 31.6. The van der Waals surface area contributed by atoms with Gasteiger partial charge in [-0.3, -0.25) is 23.2 Å². The Morgan fingerprint density at radius 2 is 1.06 bits per heavy atom. The molecule has 1 saturated heterocycles. The van der Waals surface area contributed by atoms with Gasteiger partial charge in [0.25, 0.3) is 0 Å². The molecule has 10 atom stereocenters. The minimum Gasteiger partial charge on any atom is -0.462 e. The molecule has 1 aliphatic heterocycles. The fraction of sp³-hybridized carbons (Fsp3) is 0.787. The fourth-order valence-corrected chi connectivity index (χ4v) is 8.95. The number of hydrogen-bond acceptors (Lipinski definition) is 14. The molecule has 0 aromatic heterocycles. The van der Waals surface area contributed by atoms with E-state index in [1.807, 2.05) is 12.2 Å². The van der Waals surface area contributed by atoms with Crippen LogP contribution in [0.2, 0.25) is 0 Å². The van der Waals surface area contributed by atoms with Crippen molar-refractivity contribution in [3.05, 3.63) is 48.6 Å². The molecule has 382 valence electrons. The maximum Gasteiger partial charge on any atom is 0.472 e. The molecule has 66 heavy (non-hydrogen) atoms. The molecule has 0 spiro atoms. The standard InChI is InChI=1S/C47H82O17P2/c1-3-5-7-9-11-13-14-15-16-17-18-20-22-24-29-33-40(48)59-35-37(36-60-66(57,58)64-47-44(52)42(50)43(51)46(45(47)53)63-65(54,55)56)61-41(49)34-30-26-25-28-32-39-38(62-39)31-27-23-21-19-12-10-8-6-4-2/h5,7,12,19,23,25,27-28,37-39,42-47,50-53H,3-4,6,8-11,13-18,20-22,24,26,29-36H2,1-2H3,(H,57,58)(H2,54,55,56)/b7-5-,19-12-,27-23-,28-25-/t37-,38?,39?,42?,43?,44?,45?,46-,47+/m1/s1. The van der Waals surface area contributed by atoms with Crippen LogP contribution in [0.5, 0.6) is 0 Å². The predicted molar refractivity (Wildman–Crippen MR) is 250 cm³/mol. The third-order valence-electron chi connectivity index (χ3n) is 11.3. The third kappa shape index (κ3) is 28.4. The van der Waals surface area contributed by atoms with Gasteiger partial charge in [0.05, 0.1) is 18.8 Å². The van der Waals surface area contributed by atoms with Crippen LogP contribution < -0.4 is 0 Å². The Morgan fingerprint density at radius 3 is 1.67 bits per heavy atom. The molecule has 7 N–H and O–H groups in total. The van der Waals surface area contributed by atoms with Crippen LogP contribution in [0.25, 0.3) is 0 Å². The average molecular weight is 981 g/mol. The average Bonchev–Trinajstić information content (AvgIpc) is 4.03. The molecule has 2 fully saturated rings. The van der Waals surface area contributed by atoms with Crippen molar-refractivity contribution >= 4 is 27.6 Å². The van der Waals surface area contributed by atoms with E-state index in [1.54, 1.807) is 0 Å². The van der Waals surface area contributed by atoms with Gasteiger partial charge in [-0.2, -0.15) is 0 Å². The van der Waals surface area contributed by atoms with Crippen molar-refractivity contribution < 1.29 is 81.6 Å². The number of rotatable bonds is 39. The highest BCUT2D eigenvalue weighted by molar-refractivity contribution is 7.47. The fourth-order valence-electron chi connectivity index (χ4n) is 7.41. The third-order valence-corrected chi connectivity index (χ3v) is 12.8. The summed E-state index contributed by atoms with van der Waals surface area (Å²) in [5.41, 5.74) is 0. The van der Waals surface area contributed by atoms with Crippen LogP contribution in [0.15, 0.2) is 48.6 Å². The number of allylic oxidation sites excluding steroid dienone is 6. The van der Waals surface area contributed by atoms with Crippen LogP contribution in [-0.2, 0) is 46.5 Å². The van der Waals surface area contributed by atoms with Crippen LogP contribution in [0.4, 0.5) is 0 Å². The quantitative estimate of drug-likeness (QED) is 0.0100. The van der Waals surface area contributed by atoms with Gasteiger partial charge in [-0.05, 0) is 70.6 Å². The molecular weight excluding hydrogens is 898 g/mol. The van der Waals surface area contributed by atoms with Gasteiger partial charge < -0.3 is 49.3 Å². The molecule has 1 saturated carbocycles. The molecule has 1 heterocycles. The Balaban J connectivity index is 1.81. The number of ether oxygens (including phenoxy) is 3. The zero-order valence-corrected chi connectivity index (χ0v) is 41.1. The highest BCUT2D eigenvalue weighted by atomic mass is 31.2. The van der Waals surface area contributed by atoms with E-state index in [1.165, 1.54) is 57.8 Å². The molecule has 2 aliphatic rings. The number of hydrogen-bond donors (Lipinski definition) is 7. The first-order valence-corrected chi connectivity index (χ1v) is 27.3. The van der Waals surface area contributed by atoms with E-state index < -0.39 is 83.5 Å². The number of phosphoric ester groups is 2. The van der Waals surface area contributed by atoms with E-state index in [9.17, 15) is 53.8 Å². The summed E-state index contributed by atoms with van der Waals surface area (Å²) in [4.78, 5) is 54.4. The lowest BCUT2D eigenvalue weighted by molar-refractivity contribution is -0.216. The van der Waals surface area contributed by atoms with E-state index in [-0.39, 0.29) is 25.0 Å². The largest absolute Gasteiger partial charge is 0.472 e. The van der Waals surface area contributed by atoms with Gasteiger partial charge in [0, 0.05) is 12.8 Å². The number of unbranched alkanes of at least 4 members (excludes halogenated alkanes) is 15. The number of aliphatic hydroxyl groups is 4. The second kappa shape index (κ2) is 35.1. The van der Waals surface area contributed by atoms with Gasteiger partial charge in [0.1, 0.15) is 43.2 Å². The highest BCUT2D eigenvalue weighted by Gasteiger charge is 2.54. The molecular formula is C47H82O17P2. The summed E-state index contributed by atoms with van der Waals surface area (Å²) in [6, 6.07) is 0. The molecule has 17 nitrogen and oxygen atoms in total. The van der Waals surface area contributed by atoms with Crippen LogP contribution in [0, 0.1) is 0 Å². The van der Waals surface area contributed by atoms with Crippen molar-refractivity contribution in [2.75, 3.05) is 13.2 Å². The molecule has 2 rings (SSSR count). The lowest BCUT2D eigenvalue weighted by atomic mass is 9.85. The van der Waals surface area contributed by atoms with Crippen molar-refractivity contribution in [2.24, 2.45) is 0 Å². The Kier molecular flexibility index (Phi) is 31.9. The number of aliphatic hydroxyl groups excluding tert-OH is 4. The lowest BCUT2D eigenvalue weighted by Crippen LogP contribution is -2.64. The summed E-state index contributed by atoms with van der Waals surface area (Å²) in [5.74, 6) is -1.28. The Morgan fingerprint density at radius 1 is 0.561 bits per heavy atom. The number of epoxide rings is 1. The topological polar surface area (TPSA) is 269 Å². The van der Waals surface area contributed by atoms with Crippen molar-refractivity contribution in [1.82, 2.24) is 0 Å². The van der Waals surface area contributed by atoms with E-state index in [2.05, 4.69) is 54.8 Å². The Bertz CT molecular complexity index is 1530. The molecule has 0 amide bonds. The van der Waals surface area contributed by atoms with Gasteiger partial charge in [-0.25, -0.2) is 9.13 Å². The summed E-state index contributed by atoms with van der Waals surface area (Å²) < 4.78 is 55.1. The molecule has 1 aliphatic carbocycles. The zero-order valence-electron chi connectivity index (χ0n) is 39.3. The van der Waals surface area contributed by atoms with Crippen molar-refractivity contribution in [3.63, 3.8) is 0 Å². The monoisotopic (exact) mass is 981 g/mol. The SMILES string of the molecule is CC/C=C\CCCCCCCCCCCCCC(=O)OC[C@H](COP(=O)(O)O[C@H]1C(O)C(O)C(O)[C@@H](OP(=O)(O)O)C1O)OC(=O)CCC/C=C\CC1OC1C/C=C\C/C=C\CCCCC. The summed E-state index contributed by atoms with van der Waals surface area (Å²) in [5, 5.41) is 41.3. The number of phosphoric acid groups is 2. The molecule has 19 heteroatoms. The van der Waals surface area contributed by atoms with E-state index in [0.717, 1.165) is 64.2 Å². The summed E-state index contributed by atoms with van der Waals surface area (Å²) in [6.07, 6.45) is 25.2. The zero-order chi connectivity index (χ0) is 48.6. The van der Waals surface area contributed by atoms with Crippen molar-refractivity contribution in [3.8, 4) is 0 Å². The first-order valence-electron chi connectivity index (χ1n) is 24.3. The van der Waals surface area contributed by atoms with E-state index in [0.29, 0.717) is 19.3 Å². The van der Waals surface area contributed by atoms with E-state index in [4.69, 9.17) is 23.3 Å². The molecule has 0 bridgehead atoms. The van der Waals surface area contributed by atoms with Crippen molar-refractivity contribution in [2.45, 2.75) is 223 Å². The number of carbonyl (C=O) groups is 2. The maximum atomic E-state index is 13.0. The van der Waals surface area contributed by atoms with Crippen LogP contribution in [0.3, 0.4) is 0 Å². The molecule has 0 radical (unpaired) electrons.